The monoisotopic (exact) mass is 388 g/mol. The van der Waals surface area contributed by atoms with Crippen LogP contribution in [0.25, 0.3) is 33.4 Å². The minimum absolute atomic E-state index is 0.0429. The highest BCUT2D eigenvalue weighted by molar-refractivity contribution is 7.78. The molecule has 0 saturated heterocycles. The van der Waals surface area contributed by atoms with Gasteiger partial charge in [-0.05, 0) is 17.7 Å². The quantitative estimate of drug-likeness (QED) is 0.306. The number of fused-ring (bicyclic) bond motifs is 1. The Morgan fingerprint density at radius 1 is 1.26 bits per heavy atom. The molecule has 0 radical (unpaired) electrons. The van der Waals surface area contributed by atoms with Gasteiger partial charge in [-0.25, -0.2) is 8.60 Å². The van der Waals surface area contributed by atoms with Crippen molar-refractivity contribution in [3.8, 4) is 22.4 Å². The van der Waals surface area contributed by atoms with Crippen molar-refractivity contribution >= 4 is 33.6 Å². The number of nitrogen functional groups attached to an aromatic ring is 2. The van der Waals surface area contributed by atoms with Crippen LogP contribution in [0.5, 0.6) is 0 Å². The second-order valence-corrected chi connectivity index (χ2v) is 6.71. The number of rotatable bonds is 4. The van der Waals surface area contributed by atoms with Gasteiger partial charge in [0.15, 0.2) is 22.5 Å². The number of nitrogens with one attached hydrogen (secondary N) is 1. The zero-order valence-corrected chi connectivity index (χ0v) is 14.5. The summed E-state index contributed by atoms with van der Waals surface area (Å²) in [5.74, 6) is -0.846. The predicted molar refractivity (Wildman–Crippen MR) is 98.1 cm³/mol. The van der Waals surface area contributed by atoms with E-state index in [9.17, 15) is 8.60 Å². The van der Waals surface area contributed by atoms with Gasteiger partial charge < -0.3 is 20.5 Å². The van der Waals surface area contributed by atoms with Crippen LogP contribution in [0.15, 0.2) is 35.2 Å². The van der Waals surface area contributed by atoms with Crippen LogP contribution in [0.4, 0.5) is 15.9 Å². The summed E-state index contributed by atoms with van der Waals surface area (Å²) in [4.78, 5) is 4.34. The fourth-order valence-corrected chi connectivity index (χ4v) is 3.36. The molecule has 0 aliphatic carbocycles. The fraction of sp³-hybridized carbons (Fsp3) is 0.0625. The van der Waals surface area contributed by atoms with Crippen LogP contribution >= 0.6 is 0 Å². The Kier molecular flexibility index (Phi) is 4.09. The highest BCUT2D eigenvalue weighted by Crippen LogP contribution is 2.38. The summed E-state index contributed by atoms with van der Waals surface area (Å²) >= 11 is -2.13. The van der Waals surface area contributed by atoms with Gasteiger partial charge in [0.2, 0.25) is 0 Å². The number of nitrogens with two attached hydrogens (primary N) is 2. The molecule has 0 saturated carbocycles. The van der Waals surface area contributed by atoms with E-state index in [4.69, 9.17) is 20.5 Å². The minimum atomic E-state index is -2.13. The molecule has 4 aromatic rings. The van der Waals surface area contributed by atoms with Gasteiger partial charge in [-0.3, -0.25) is 10.1 Å². The van der Waals surface area contributed by atoms with Crippen molar-refractivity contribution in [3.05, 3.63) is 42.1 Å². The summed E-state index contributed by atoms with van der Waals surface area (Å²) < 4.78 is 40.2. The number of hydrogen-bond donors (Lipinski definition) is 4. The zero-order valence-electron chi connectivity index (χ0n) is 13.6. The normalized spacial score (nSPS) is 12.5. The first-order valence-electron chi connectivity index (χ1n) is 7.64. The van der Waals surface area contributed by atoms with E-state index in [2.05, 4.69) is 20.3 Å². The fourth-order valence-electron chi connectivity index (χ4n) is 2.85. The van der Waals surface area contributed by atoms with E-state index in [1.165, 1.54) is 12.3 Å². The first-order chi connectivity index (χ1) is 13.0. The van der Waals surface area contributed by atoms with Gasteiger partial charge >= 0.3 is 0 Å². The first-order valence-corrected chi connectivity index (χ1v) is 8.92. The van der Waals surface area contributed by atoms with Crippen molar-refractivity contribution in [1.82, 2.24) is 20.3 Å². The summed E-state index contributed by atoms with van der Waals surface area (Å²) in [6, 6.07) is 2.46. The molecule has 0 aliphatic rings. The molecule has 0 fully saturated rings. The Morgan fingerprint density at radius 2 is 2.07 bits per heavy atom. The molecular formula is C16H13FN6O3S. The van der Waals surface area contributed by atoms with E-state index in [-0.39, 0.29) is 28.5 Å². The lowest BCUT2D eigenvalue weighted by Crippen LogP contribution is -2.02. The van der Waals surface area contributed by atoms with Crippen LogP contribution in [0.1, 0.15) is 5.56 Å². The Bertz CT molecular complexity index is 1170. The SMILES string of the molecule is Nc1cc(F)c(-c2ncc(-c3cn[nH]c3)c3onc(N)c23)cc1CS(=O)O. The maximum absolute atomic E-state index is 14.6. The largest absolute Gasteiger partial charge is 0.398 e. The molecular weight excluding hydrogens is 375 g/mol. The number of benzene rings is 1. The molecule has 3 heterocycles. The molecule has 0 bridgehead atoms. The van der Waals surface area contributed by atoms with Gasteiger partial charge in [0.1, 0.15) is 5.82 Å². The van der Waals surface area contributed by atoms with Gasteiger partial charge in [-0.1, -0.05) is 5.16 Å². The van der Waals surface area contributed by atoms with Crippen molar-refractivity contribution in [2.45, 2.75) is 5.75 Å². The standard InChI is InChI=1S/C16H13FN6O3S/c17-11-2-12(18)7(6-27(24)25)1-9(11)14-13-15(26-23-16(13)19)10(5-20-14)8-3-21-22-4-8/h1-5H,6,18H2,(H2,19,23)(H,21,22)(H,24,25). The van der Waals surface area contributed by atoms with Crippen LogP contribution in [0.2, 0.25) is 0 Å². The molecule has 27 heavy (non-hydrogen) atoms. The number of aromatic amines is 1. The summed E-state index contributed by atoms with van der Waals surface area (Å²) in [5, 5.41) is 10.7. The zero-order chi connectivity index (χ0) is 19.1. The van der Waals surface area contributed by atoms with E-state index in [1.807, 2.05) is 0 Å². The number of H-pyrrole nitrogens is 1. The minimum Gasteiger partial charge on any atom is -0.398 e. The molecule has 0 amide bonds. The first kappa shape index (κ1) is 17.1. The summed E-state index contributed by atoms with van der Waals surface area (Å²) in [6.45, 7) is 0. The summed E-state index contributed by atoms with van der Waals surface area (Å²) in [6.07, 6.45) is 4.72. The van der Waals surface area contributed by atoms with E-state index in [0.29, 0.717) is 27.7 Å². The number of nitrogens with zero attached hydrogens (tertiary/aromatic N) is 3. The molecule has 138 valence electrons. The van der Waals surface area contributed by atoms with Crippen LogP contribution in [0, 0.1) is 5.82 Å². The van der Waals surface area contributed by atoms with Crippen molar-refractivity contribution in [2.24, 2.45) is 0 Å². The van der Waals surface area contributed by atoms with Crippen molar-refractivity contribution < 1.29 is 17.7 Å². The smallest absolute Gasteiger partial charge is 0.180 e. The molecule has 1 aromatic carbocycles. The highest BCUT2D eigenvalue weighted by Gasteiger charge is 2.22. The van der Waals surface area contributed by atoms with Gasteiger partial charge in [-0.2, -0.15) is 5.10 Å². The average molecular weight is 388 g/mol. The number of halogens is 1. The van der Waals surface area contributed by atoms with Crippen LogP contribution in [-0.4, -0.2) is 29.1 Å². The lowest BCUT2D eigenvalue weighted by molar-refractivity contribution is 0.461. The van der Waals surface area contributed by atoms with Crippen molar-refractivity contribution in [1.29, 1.82) is 0 Å². The second-order valence-electron chi connectivity index (χ2n) is 5.78. The third kappa shape index (κ3) is 2.92. The Labute approximate surface area is 153 Å². The number of pyridine rings is 1. The Morgan fingerprint density at radius 3 is 2.78 bits per heavy atom. The van der Waals surface area contributed by atoms with E-state index >= 15 is 0 Å². The van der Waals surface area contributed by atoms with E-state index in [1.54, 1.807) is 12.4 Å². The van der Waals surface area contributed by atoms with Crippen molar-refractivity contribution in [3.63, 3.8) is 0 Å². The molecule has 1 atom stereocenters. The second kappa shape index (κ2) is 6.45. The van der Waals surface area contributed by atoms with Crippen LogP contribution < -0.4 is 11.5 Å². The topological polar surface area (TPSA) is 157 Å². The summed E-state index contributed by atoms with van der Waals surface area (Å²) in [5.41, 5.74) is 13.9. The molecule has 0 spiro atoms. The lowest BCUT2D eigenvalue weighted by atomic mass is 10.0. The number of aromatic nitrogens is 4. The molecule has 0 aliphatic heterocycles. The molecule has 1 unspecified atom stereocenters. The van der Waals surface area contributed by atoms with Gasteiger partial charge in [0.05, 0.1) is 23.0 Å². The van der Waals surface area contributed by atoms with Crippen LogP contribution in [0.3, 0.4) is 0 Å². The molecule has 4 rings (SSSR count). The van der Waals surface area contributed by atoms with Crippen LogP contribution in [-0.2, 0) is 16.8 Å². The van der Waals surface area contributed by atoms with Gasteiger partial charge in [0, 0.05) is 34.8 Å². The molecule has 11 heteroatoms. The maximum atomic E-state index is 14.6. The van der Waals surface area contributed by atoms with Gasteiger partial charge in [0.25, 0.3) is 0 Å². The van der Waals surface area contributed by atoms with Crippen molar-refractivity contribution in [2.75, 3.05) is 11.5 Å². The highest BCUT2D eigenvalue weighted by atomic mass is 32.2. The predicted octanol–water partition coefficient (Wildman–Crippen LogP) is 2.31. The Balaban J connectivity index is 1.97. The lowest BCUT2D eigenvalue weighted by Gasteiger charge is -2.10. The van der Waals surface area contributed by atoms with Gasteiger partial charge in [-0.15, -0.1) is 0 Å². The third-order valence-electron chi connectivity index (χ3n) is 4.09. The Hall–Kier alpha value is -3.31. The molecule has 9 nitrogen and oxygen atoms in total. The number of hydrogen-bond acceptors (Lipinski definition) is 7. The number of anilines is 2. The molecule has 6 N–H and O–H groups in total. The summed E-state index contributed by atoms with van der Waals surface area (Å²) in [7, 11) is 0. The molecule has 3 aromatic heterocycles. The third-order valence-corrected chi connectivity index (χ3v) is 4.65. The van der Waals surface area contributed by atoms with E-state index < -0.39 is 16.9 Å². The maximum Gasteiger partial charge on any atom is 0.180 e. The van der Waals surface area contributed by atoms with E-state index in [0.717, 1.165) is 6.07 Å². The average Bonchev–Trinajstić information content (AvgIpc) is 3.27.